The fraction of sp³-hybridized carbons (Fsp3) is 0.258. The van der Waals surface area contributed by atoms with E-state index in [0.29, 0.717) is 26.8 Å². The minimum absolute atomic E-state index is 0.0272. The van der Waals surface area contributed by atoms with Crippen LogP contribution in [0.15, 0.2) is 72.3 Å². The zero-order valence-corrected chi connectivity index (χ0v) is 23.7. The van der Waals surface area contributed by atoms with Crippen LogP contribution >= 0.6 is 23.2 Å². The molecule has 6 amide bonds. The first-order valence-electron chi connectivity index (χ1n) is 13.5. The van der Waals surface area contributed by atoms with E-state index in [1.54, 1.807) is 36.4 Å². The quantitative estimate of drug-likeness (QED) is 0.248. The largest absolute Gasteiger partial charge is 0.507 e. The highest BCUT2D eigenvalue weighted by molar-refractivity contribution is 6.58. The van der Waals surface area contributed by atoms with Crippen molar-refractivity contribution in [3.05, 3.63) is 83.7 Å². The predicted octanol–water partition coefficient (Wildman–Crippen LogP) is 4.33. The summed E-state index contributed by atoms with van der Waals surface area (Å²) in [5, 5.41) is 11.6. The lowest BCUT2D eigenvalue weighted by Crippen LogP contribution is -2.60. The maximum atomic E-state index is 14.4. The Morgan fingerprint density at radius 3 is 2.26 bits per heavy atom. The van der Waals surface area contributed by atoms with E-state index in [0.717, 1.165) is 17.0 Å². The number of amides is 6. The third-order valence-corrected chi connectivity index (χ3v) is 10.8. The molecule has 12 heteroatoms. The van der Waals surface area contributed by atoms with Gasteiger partial charge in [-0.25, -0.2) is 14.1 Å². The fourth-order valence-corrected chi connectivity index (χ4v) is 8.45. The third-order valence-electron chi connectivity index (χ3n) is 9.36. The second-order valence-electron chi connectivity index (χ2n) is 11.3. The average Bonchev–Trinajstić information content (AvgIpc) is 3.32. The number of anilines is 1. The number of phenolic OH excluding ortho intramolecular Hbond substituents is 1. The molecule has 2 heterocycles. The van der Waals surface area contributed by atoms with Crippen LogP contribution in [0.25, 0.3) is 10.8 Å². The number of nitrogens with zero attached hydrogens (tertiary/aromatic N) is 2. The molecule has 218 valence electrons. The number of nitrogens with two attached hydrogens (primary N) is 1. The van der Waals surface area contributed by atoms with E-state index < -0.39 is 68.9 Å². The number of phenols is 1. The van der Waals surface area contributed by atoms with Gasteiger partial charge < -0.3 is 10.8 Å². The second kappa shape index (κ2) is 9.11. The summed E-state index contributed by atoms with van der Waals surface area (Å²) in [6.07, 6.45) is 1.49. The Bertz CT molecular complexity index is 1850. The Labute approximate surface area is 253 Å². The fourth-order valence-electron chi connectivity index (χ4n) is 7.52. The summed E-state index contributed by atoms with van der Waals surface area (Å²) in [4.78, 5) is 64.4. The summed E-state index contributed by atoms with van der Waals surface area (Å²) in [6.45, 7) is 0. The molecule has 0 radical (unpaired) electrons. The molecule has 2 saturated heterocycles. The van der Waals surface area contributed by atoms with Crippen LogP contribution in [-0.2, 0) is 19.2 Å². The lowest BCUT2D eigenvalue weighted by Gasteiger charge is -2.51. The number of carbonyl (C=O) groups excluding carboxylic acids is 5. The number of imide groups is 4. The van der Waals surface area contributed by atoms with E-state index in [2.05, 4.69) is 0 Å². The third kappa shape index (κ3) is 3.41. The number of urea groups is 1. The van der Waals surface area contributed by atoms with Crippen molar-refractivity contribution in [1.29, 1.82) is 0 Å². The van der Waals surface area contributed by atoms with E-state index in [1.165, 1.54) is 18.2 Å². The molecule has 3 aromatic rings. The monoisotopic (exact) mass is 621 g/mol. The van der Waals surface area contributed by atoms with Crippen LogP contribution < -0.4 is 10.6 Å². The molecule has 4 aliphatic rings. The highest BCUT2D eigenvalue weighted by atomic mass is 35.5. The first kappa shape index (κ1) is 27.5. The number of carbonyl (C=O) groups is 5. The molecule has 3 aromatic carbocycles. The van der Waals surface area contributed by atoms with Crippen molar-refractivity contribution in [2.75, 3.05) is 4.90 Å². The molecular weight excluding hydrogens is 600 g/mol. The van der Waals surface area contributed by atoms with Crippen molar-refractivity contribution >= 4 is 69.3 Å². The number of likely N-dealkylation sites (tertiary alicyclic amines) is 1. The molecule has 0 aromatic heterocycles. The van der Waals surface area contributed by atoms with Crippen LogP contribution in [0.5, 0.6) is 5.75 Å². The molecular formula is C31H22Cl2FN3O6. The molecule has 1 saturated carbocycles. The van der Waals surface area contributed by atoms with Gasteiger partial charge in [0.1, 0.15) is 11.6 Å². The molecule has 3 fully saturated rings. The smallest absolute Gasteiger partial charge is 0.328 e. The van der Waals surface area contributed by atoms with Crippen molar-refractivity contribution in [1.82, 2.24) is 4.90 Å². The van der Waals surface area contributed by atoms with Crippen molar-refractivity contribution < 1.29 is 33.5 Å². The molecule has 0 unspecified atom stereocenters. The van der Waals surface area contributed by atoms with Gasteiger partial charge in [-0.2, -0.15) is 4.90 Å². The van der Waals surface area contributed by atoms with E-state index >= 15 is 0 Å². The second-order valence-corrected chi connectivity index (χ2v) is 12.6. The number of benzene rings is 3. The minimum atomic E-state index is -2.13. The number of hydrogen-bond acceptors (Lipinski definition) is 6. The average molecular weight is 622 g/mol. The maximum Gasteiger partial charge on any atom is 0.328 e. The lowest BCUT2D eigenvalue weighted by molar-refractivity contribution is -0.136. The van der Waals surface area contributed by atoms with Gasteiger partial charge >= 0.3 is 6.03 Å². The van der Waals surface area contributed by atoms with Crippen molar-refractivity contribution in [2.45, 2.75) is 28.5 Å². The number of fused-ring (bicyclic) bond motifs is 5. The minimum Gasteiger partial charge on any atom is -0.507 e. The Kier molecular flexibility index (Phi) is 5.84. The Morgan fingerprint density at radius 1 is 0.907 bits per heavy atom. The number of hydrogen-bond donors (Lipinski definition) is 2. The molecule has 3 N–H and O–H groups in total. The van der Waals surface area contributed by atoms with Gasteiger partial charge in [-0.05, 0) is 60.0 Å². The molecule has 2 aliphatic carbocycles. The van der Waals surface area contributed by atoms with Gasteiger partial charge in [0, 0.05) is 11.3 Å². The van der Waals surface area contributed by atoms with Crippen LogP contribution in [0.2, 0.25) is 0 Å². The standard InChI is InChI=1S/C31H22Cl2FN3O6/c32-30-13-21-19(9-10-20-23(21)26(40)37(25(20)39)29(35)43)24(18-11-12-22(38)17-4-2-1-3-16(17)18)31(30,33)28(42)36(27(30)41)15-7-5-14(34)6-8-15/h1-9,11-12,20-21,23-24,38H,10,13H2,(H2,35,43)/t20-,21+,23-,24-,30+,31-/m0/s1. The van der Waals surface area contributed by atoms with Crippen molar-refractivity contribution in [2.24, 2.45) is 23.5 Å². The Balaban J connectivity index is 1.49. The number of allylic oxidation sites excluding steroid dienone is 2. The Hall–Kier alpha value is -4.28. The molecule has 0 bridgehead atoms. The van der Waals surface area contributed by atoms with Gasteiger partial charge in [0.25, 0.3) is 11.8 Å². The first-order chi connectivity index (χ1) is 20.4. The van der Waals surface area contributed by atoms with Crippen LogP contribution in [0.4, 0.5) is 14.9 Å². The van der Waals surface area contributed by atoms with Crippen molar-refractivity contribution in [3.8, 4) is 5.75 Å². The molecule has 2 aliphatic heterocycles. The predicted molar refractivity (Wildman–Crippen MR) is 154 cm³/mol. The van der Waals surface area contributed by atoms with Gasteiger partial charge in [0.05, 0.1) is 17.5 Å². The summed E-state index contributed by atoms with van der Waals surface area (Å²) in [5.41, 5.74) is 6.42. The zero-order chi connectivity index (χ0) is 30.6. The molecule has 6 atom stereocenters. The summed E-state index contributed by atoms with van der Waals surface area (Å²) >= 11 is 14.7. The van der Waals surface area contributed by atoms with E-state index in [4.69, 9.17) is 28.9 Å². The van der Waals surface area contributed by atoms with Crippen LogP contribution in [0, 0.1) is 23.6 Å². The highest BCUT2D eigenvalue weighted by Crippen LogP contribution is 2.66. The van der Waals surface area contributed by atoms with Crippen LogP contribution in [0.1, 0.15) is 24.3 Å². The number of primary amides is 1. The summed E-state index contributed by atoms with van der Waals surface area (Å²) < 4.78 is 13.8. The van der Waals surface area contributed by atoms with E-state index in [1.807, 2.05) is 0 Å². The Morgan fingerprint density at radius 2 is 1.58 bits per heavy atom. The molecule has 0 spiro atoms. The maximum absolute atomic E-state index is 14.4. The topological polar surface area (TPSA) is 138 Å². The van der Waals surface area contributed by atoms with Gasteiger partial charge in [0.2, 0.25) is 11.8 Å². The molecule has 9 nitrogen and oxygen atoms in total. The number of rotatable bonds is 2. The summed E-state index contributed by atoms with van der Waals surface area (Å²) in [5.74, 6) is -7.83. The number of aromatic hydroxyl groups is 1. The normalized spacial score (nSPS) is 31.7. The van der Waals surface area contributed by atoms with E-state index in [-0.39, 0.29) is 24.3 Å². The summed E-state index contributed by atoms with van der Waals surface area (Å²) in [6, 6.07) is 13.4. The number of alkyl halides is 2. The van der Waals surface area contributed by atoms with Gasteiger partial charge in [-0.1, -0.05) is 42.0 Å². The van der Waals surface area contributed by atoms with Gasteiger partial charge in [-0.15, -0.1) is 23.2 Å². The van der Waals surface area contributed by atoms with E-state index in [9.17, 15) is 33.5 Å². The van der Waals surface area contributed by atoms with Crippen LogP contribution in [0.3, 0.4) is 0 Å². The first-order valence-corrected chi connectivity index (χ1v) is 14.3. The van der Waals surface area contributed by atoms with Gasteiger partial charge in [-0.3, -0.25) is 19.2 Å². The summed E-state index contributed by atoms with van der Waals surface area (Å²) in [7, 11) is 0. The van der Waals surface area contributed by atoms with Crippen molar-refractivity contribution in [3.63, 3.8) is 0 Å². The number of halogens is 3. The molecule has 7 rings (SSSR count). The molecule has 43 heavy (non-hydrogen) atoms. The lowest BCUT2D eigenvalue weighted by atomic mass is 9.56. The van der Waals surface area contributed by atoms with Gasteiger partial charge in [0.15, 0.2) is 9.75 Å². The zero-order valence-electron chi connectivity index (χ0n) is 22.2. The SMILES string of the molecule is NC(=O)N1C(=O)[C@H]2[C@H](CC=C3[C@H]2C[C@@]2(Cl)C(=O)N(c4ccc(F)cc4)C(=O)[C@@]2(Cl)[C@H]3c2ccc(O)c3ccccc23)C1=O. The highest BCUT2D eigenvalue weighted by Gasteiger charge is 2.76. The van der Waals surface area contributed by atoms with Crippen LogP contribution in [-0.4, -0.2) is 49.4 Å².